The SMILES string of the molecule is COc1ccc(-n2nc(C)c(CN(Cc3ccccc3Cl)C3CC3)c2N2CCN(C)CC2)cc1. The summed E-state index contributed by atoms with van der Waals surface area (Å²) in [6.07, 6.45) is 2.50. The van der Waals surface area contributed by atoms with Crippen LogP contribution in [0.25, 0.3) is 5.69 Å². The molecule has 3 aromatic rings. The number of piperazine rings is 1. The summed E-state index contributed by atoms with van der Waals surface area (Å²) >= 11 is 6.54. The molecule has 2 fully saturated rings. The fourth-order valence-corrected chi connectivity index (χ4v) is 4.98. The highest BCUT2D eigenvalue weighted by atomic mass is 35.5. The summed E-state index contributed by atoms with van der Waals surface area (Å²) in [4.78, 5) is 7.49. The zero-order valence-corrected chi connectivity index (χ0v) is 21.1. The van der Waals surface area contributed by atoms with Gasteiger partial charge in [-0.25, -0.2) is 4.68 Å². The van der Waals surface area contributed by atoms with Gasteiger partial charge in [-0.3, -0.25) is 4.90 Å². The zero-order valence-electron chi connectivity index (χ0n) is 20.4. The topological polar surface area (TPSA) is 36.8 Å². The first-order chi connectivity index (χ1) is 16.5. The molecule has 0 bridgehead atoms. The van der Waals surface area contributed by atoms with Gasteiger partial charge in [0.05, 0.1) is 18.5 Å². The molecule has 0 unspecified atom stereocenters. The molecule has 0 amide bonds. The predicted octanol–water partition coefficient (Wildman–Crippen LogP) is 4.76. The number of anilines is 1. The highest BCUT2D eigenvalue weighted by Crippen LogP contribution is 2.35. The van der Waals surface area contributed by atoms with Gasteiger partial charge in [0.2, 0.25) is 0 Å². The number of halogens is 1. The Hall–Kier alpha value is -2.54. The number of rotatable bonds is 8. The highest BCUT2D eigenvalue weighted by molar-refractivity contribution is 6.31. The highest BCUT2D eigenvalue weighted by Gasteiger charge is 2.32. The number of likely N-dealkylation sites (N-methyl/N-ethyl adjacent to an activating group) is 1. The summed E-state index contributed by atoms with van der Waals surface area (Å²) in [5, 5.41) is 5.90. The number of benzene rings is 2. The molecule has 0 N–H and O–H groups in total. The van der Waals surface area contributed by atoms with Crippen molar-refractivity contribution >= 4 is 17.4 Å². The van der Waals surface area contributed by atoms with Crippen LogP contribution in [0.4, 0.5) is 5.82 Å². The molecule has 34 heavy (non-hydrogen) atoms. The van der Waals surface area contributed by atoms with Gasteiger partial charge in [0.1, 0.15) is 11.6 Å². The third kappa shape index (κ3) is 4.95. The second-order valence-corrected chi connectivity index (χ2v) is 9.92. The predicted molar refractivity (Wildman–Crippen MR) is 138 cm³/mol. The molecular formula is C27H34ClN5O. The number of nitrogens with zero attached hydrogens (tertiary/aromatic N) is 5. The fraction of sp³-hybridized carbons (Fsp3) is 0.444. The van der Waals surface area contributed by atoms with Crippen molar-refractivity contribution in [2.24, 2.45) is 0 Å². The molecule has 5 rings (SSSR count). The molecule has 2 aromatic carbocycles. The summed E-state index contributed by atoms with van der Waals surface area (Å²) in [5.41, 5.74) is 4.67. The van der Waals surface area contributed by atoms with Crippen LogP contribution in [0.3, 0.4) is 0 Å². The van der Waals surface area contributed by atoms with Crippen LogP contribution in [0.2, 0.25) is 5.02 Å². The second kappa shape index (κ2) is 9.98. The number of hydrogen-bond donors (Lipinski definition) is 0. The van der Waals surface area contributed by atoms with Gasteiger partial charge in [0.15, 0.2) is 0 Å². The Bertz CT molecular complexity index is 1120. The van der Waals surface area contributed by atoms with E-state index in [2.05, 4.69) is 57.6 Å². The van der Waals surface area contributed by atoms with Gasteiger partial charge in [-0.05, 0) is 62.7 Å². The maximum absolute atomic E-state index is 6.54. The summed E-state index contributed by atoms with van der Waals surface area (Å²) < 4.78 is 7.52. The van der Waals surface area contributed by atoms with E-state index in [9.17, 15) is 0 Å². The number of aryl methyl sites for hydroxylation is 1. The molecule has 0 radical (unpaired) electrons. The quantitative estimate of drug-likeness (QED) is 0.465. The van der Waals surface area contributed by atoms with E-state index < -0.39 is 0 Å². The lowest BCUT2D eigenvalue weighted by atomic mass is 10.1. The molecule has 1 aliphatic carbocycles. The molecule has 2 aliphatic rings. The molecule has 1 aromatic heterocycles. The van der Waals surface area contributed by atoms with Crippen molar-refractivity contribution < 1.29 is 4.74 Å². The minimum Gasteiger partial charge on any atom is -0.497 e. The van der Waals surface area contributed by atoms with Gasteiger partial charge in [0, 0.05) is 55.9 Å². The molecule has 1 saturated carbocycles. The maximum Gasteiger partial charge on any atom is 0.137 e. The smallest absolute Gasteiger partial charge is 0.137 e. The van der Waals surface area contributed by atoms with E-state index in [0.29, 0.717) is 6.04 Å². The normalized spacial score (nSPS) is 16.9. The number of aromatic nitrogens is 2. The van der Waals surface area contributed by atoms with Crippen molar-refractivity contribution in [2.45, 2.75) is 38.9 Å². The molecule has 180 valence electrons. The Balaban J connectivity index is 1.51. The summed E-state index contributed by atoms with van der Waals surface area (Å²) in [6.45, 7) is 7.99. The molecule has 1 saturated heterocycles. The average Bonchev–Trinajstić information content (AvgIpc) is 3.65. The van der Waals surface area contributed by atoms with E-state index in [1.165, 1.54) is 29.8 Å². The van der Waals surface area contributed by atoms with Crippen LogP contribution < -0.4 is 9.64 Å². The fourth-order valence-electron chi connectivity index (χ4n) is 4.78. The van der Waals surface area contributed by atoms with Gasteiger partial charge in [-0.15, -0.1) is 0 Å². The van der Waals surface area contributed by atoms with Crippen molar-refractivity contribution in [1.29, 1.82) is 0 Å². The van der Waals surface area contributed by atoms with Gasteiger partial charge in [-0.1, -0.05) is 29.8 Å². The van der Waals surface area contributed by atoms with Crippen LogP contribution in [0.15, 0.2) is 48.5 Å². The van der Waals surface area contributed by atoms with Crippen molar-refractivity contribution in [3.8, 4) is 11.4 Å². The first-order valence-corrected chi connectivity index (χ1v) is 12.5. The molecule has 7 heteroatoms. The van der Waals surface area contributed by atoms with Crippen LogP contribution >= 0.6 is 11.6 Å². The molecule has 6 nitrogen and oxygen atoms in total. The lowest BCUT2D eigenvalue weighted by molar-refractivity contribution is 0.245. The van der Waals surface area contributed by atoms with Crippen molar-refractivity contribution in [1.82, 2.24) is 19.6 Å². The summed E-state index contributed by atoms with van der Waals surface area (Å²) in [7, 11) is 3.90. The maximum atomic E-state index is 6.54. The Morgan fingerprint density at radius 2 is 1.71 bits per heavy atom. The standard InChI is InChI=1S/C27H34ClN5O/c1-20-25(19-32(22-8-9-22)18-21-6-4-5-7-26(21)28)27(31-16-14-30(2)15-17-31)33(29-20)23-10-12-24(34-3)13-11-23/h4-7,10-13,22H,8-9,14-19H2,1-3H3. The average molecular weight is 480 g/mol. The minimum atomic E-state index is 0.611. The van der Waals surface area contributed by atoms with E-state index in [-0.39, 0.29) is 0 Å². The van der Waals surface area contributed by atoms with Crippen LogP contribution in [0.1, 0.15) is 29.7 Å². The van der Waals surface area contributed by atoms with Crippen LogP contribution in [-0.2, 0) is 13.1 Å². The second-order valence-electron chi connectivity index (χ2n) is 9.52. The third-order valence-corrected chi connectivity index (χ3v) is 7.40. The van der Waals surface area contributed by atoms with Crippen molar-refractivity contribution in [3.63, 3.8) is 0 Å². The lowest BCUT2D eigenvalue weighted by Gasteiger charge is -2.35. The number of hydrogen-bond acceptors (Lipinski definition) is 5. The van der Waals surface area contributed by atoms with E-state index in [4.69, 9.17) is 21.4 Å². The monoisotopic (exact) mass is 479 g/mol. The van der Waals surface area contributed by atoms with E-state index in [1.807, 2.05) is 24.3 Å². The minimum absolute atomic E-state index is 0.611. The van der Waals surface area contributed by atoms with Crippen LogP contribution in [-0.4, -0.2) is 66.0 Å². The van der Waals surface area contributed by atoms with Gasteiger partial charge < -0.3 is 14.5 Å². The van der Waals surface area contributed by atoms with Crippen molar-refractivity contribution in [2.75, 3.05) is 45.2 Å². The molecule has 0 atom stereocenters. The number of methoxy groups -OCH3 is 1. The first kappa shape index (κ1) is 23.2. The van der Waals surface area contributed by atoms with E-state index in [1.54, 1.807) is 7.11 Å². The Kier molecular flexibility index (Phi) is 6.82. The largest absolute Gasteiger partial charge is 0.497 e. The molecule has 0 spiro atoms. The number of ether oxygens (including phenoxy) is 1. The van der Waals surface area contributed by atoms with Gasteiger partial charge in [-0.2, -0.15) is 5.10 Å². The van der Waals surface area contributed by atoms with E-state index in [0.717, 1.165) is 61.4 Å². The summed E-state index contributed by atoms with van der Waals surface area (Å²) in [6, 6.07) is 17.0. The molecule has 2 heterocycles. The summed E-state index contributed by atoms with van der Waals surface area (Å²) in [5.74, 6) is 2.08. The Labute approximate surface area is 207 Å². The van der Waals surface area contributed by atoms with Crippen molar-refractivity contribution in [3.05, 3.63) is 70.4 Å². The van der Waals surface area contributed by atoms with Gasteiger partial charge in [0.25, 0.3) is 0 Å². The Morgan fingerprint density at radius 3 is 2.35 bits per heavy atom. The molecule has 1 aliphatic heterocycles. The first-order valence-electron chi connectivity index (χ1n) is 12.2. The zero-order chi connectivity index (χ0) is 23.7. The Morgan fingerprint density at radius 1 is 1.00 bits per heavy atom. The third-order valence-electron chi connectivity index (χ3n) is 7.03. The van der Waals surface area contributed by atoms with Gasteiger partial charge >= 0.3 is 0 Å². The van der Waals surface area contributed by atoms with E-state index >= 15 is 0 Å². The lowest BCUT2D eigenvalue weighted by Crippen LogP contribution is -2.45. The van der Waals surface area contributed by atoms with Crippen LogP contribution in [0.5, 0.6) is 5.75 Å². The molecular weight excluding hydrogens is 446 g/mol. The van der Waals surface area contributed by atoms with Crippen LogP contribution in [0, 0.1) is 6.92 Å².